The Bertz CT molecular complexity index is 457. The molecule has 1 saturated carbocycles. The lowest BCUT2D eigenvalue weighted by atomic mass is 9.79. The van der Waals surface area contributed by atoms with E-state index in [1.165, 1.54) is 0 Å². The van der Waals surface area contributed by atoms with E-state index in [9.17, 15) is 4.79 Å². The van der Waals surface area contributed by atoms with Gasteiger partial charge in [-0.1, -0.05) is 11.6 Å². The van der Waals surface area contributed by atoms with E-state index in [1.54, 1.807) is 0 Å². The summed E-state index contributed by atoms with van der Waals surface area (Å²) in [5, 5.41) is 0.548. The van der Waals surface area contributed by atoms with Crippen LogP contribution in [0.3, 0.4) is 0 Å². The Kier molecular flexibility index (Phi) is 4.75. The highest BCUT2D eigenvalue weighted by molar-refractivity contribution is 6.30. The van der Waals surface area contributed by atoms with E-state index in [1.807, 2.05) is 20.0 Å². The summed E-state index contributed by atoms with van der Waals surface area (Å²) in [5.41, 5.74) is 1.01. The van der Waals surface area contributed by atoms with Gasteiger partial charge in [-0.25, -0.2) is 9.97 Å². The minimum absolute atomic E-state index is 0.0429. The molecule has 2 rings (SSSR count). The van der Waals surface area contributed by atoms with Crippen molar-refractivity contribution >= 4 is 17.6 Å². The molecule has 0 spiro atoms. The van der Waals surface area contributed by atoms with Crippen molar-refractivity contribution in [3.8, 4) is 0 Å². The van der Waals surface area contributed by atoms with E-state index in [0.29, 0.717) is 23.5 Å². The van der Waals surface area contributed by atoms with Gasteiger partial charge in [0.1, 0.15) is 11.0 Å². The molecule has 19 heavy (non-hydrogen) atoms. The lowest BCUT2D eigenvalue weighted by Crippen LogP contribution is -2.23. The highest BCUT2D eigenvalue weighted by Crippen LogP contribution is 2.38. The number of halogens is 1. The second-order valence-electron chi connectivity index (χ2n) is 4.96. The van der Waals surface area contributed by atoms with E-state index >= 15 is 0 Å². The first-order valence-corrected chi connectivity index (χ1v) is 7.15. The topological polar surface area (TPSA) is 52.1 Å². The number of nitrogens with zero attached hydrogens (tertiary/aromatic N) is 2. The largest absolute Gasteiger partial charge is 0.466 e. The summed E-state index contributed by atoms with van der Waals surface area (Å²) < 4.78 is 5.07. The molecule has 1 fully saturated rings. The Morgan fingerprint density at radius 2 is 2.11 bits per heavy atom. The fourth-order valence-electron chi connectivity index (χ4n) is 2.63. The number of hydrogen-bond donors (Lipinski definition) is 0. The molecule has 0 N–H and O–H groups in total. The fraction of sp³-hybridized carbons (Fsp3) is 0.643. The summed E-state index contributed by atoms with van der Waals surface area (Å²) in [6, 6.07) is 0. The van der Waals surface area contributed by atoms with Crippen LogP contribution in [0.15, 0.2) is 6.20 Å². The SMILES string of the molecule is CCOC(=O)C1CCC(c2cnc(C)nc2Cl)CC1. The van der Waals surface area contributed by atoms with Crippen LogP contribution in [0.25, 0.3) is 0 Å². The second-order valence-corrected chi connectivity index (χ2v) is 5.32. The third kappa shape index (κ3) is 3.44. The Morgan fingerprint density at radius 3 is 2.68 bits per heavy atom. The maximum absolute atomic E-state index is 11.7. The average Bonchev–Trinajstić information content (AvgIpc) is 2.39. The zero-order valence-corrected chi connectivity index (χ0v) is 12.1. The predicted molar refractivity (Wildman–Crippen MR) is 73.1 cm³/mol. The highest BCUT2D eigenvalue weighted by Gasteiger charge is 2.29. The van der Waals surface area contributed by atoms with Crippen LogP contribution in [0.4, 0.5) is 0 Å². The molecule has 104 valence electrons. The molecule has 0 radical (unpaired) electrons. The van der Waals surface area contributed by atoms with Gasteiger partial charge < -0.3 is 4.74 Å². The zero-order valence-electron chi connectivity index (χ0n) is 11.4. The number of ether oxygens (including phenoxy) is 1. The van der Waals surface area contributed by atoms with Crippen LogP contribution < -0.4 is 0 Å². The van der Waals surface area contributed by atoms with Gasteiger partial charge in [0, 0.05) is 11.8 Å². The minimum atomic E-state index is -0.0628. The van der Waals surface area contributed by atoms with Gasteiger partial charge in [-0.05, 0) is 45.4 Å². The van der Waals surface area contributed by atoms with Gasteiger partial charge in [0.05, 0.1) is 12.5 Å². The molecule has 1 aromatic rings. The van der Waals surface area contributed by atoms with Crippen LogP contribution in [0.1, 0.15) is 49.9 Å². The quantitative estimate of drug-likeness (QED) is 0.631. The summed E-state index contributed by atoms with van der Waals surface area (Å²) >= 11 is 6.17. The molecule has 1 aliphatic rings. The van der Waals surface area contributed by atoms with Crippen LogP contribution in [0.5, 0.6) is 0 Å². The van der Waals surface area contributed by atoms with Crippen molar-refractivity contribution in [2.24, 2.45) is 5.92 Å². The van der Waals surface area contributed by atoms with Gasteiger partial charge in [0.25, 0.3) is 0 Å². The molecular weight excluding hydrogens is 264 g/mol. The Labute approximate surface area is 118 Å². The van der Waals surface area contributed by atoms with E-state index in [4.69, 9.17) is 16.3 Å². The van der Waals surface area contributed by atoms with Crippen molar-refractivity contribution in [1.82, 2.24) is 9.97 Å². The monoisotopic (exact) mass is 282 g/mol. The number of rotatable bonds is 3. The van der Waals surface area contributed by atoms with Crippen molar-refractivity contribution in [3.63, 3.8) is 0 Å². The Hall–Kier alpha value is -1.16. The van der Waals surface area contributed by atoms with Crippen LogP contribution in [-0.2, 0) is 9.53 Å². The maximum atomic E-state index is 11.7. The van der Waals surface area contributed by atoms with E-state index in [2.05, 4.69) is 9.97 Å². The molecule has 5 heteroatoms. The molecule has 0 aliphatic heterocycles. The van der Waals surface area contributed by atoms with Gasteiger partial charge in [0.2, 0.25) is 0 Å². The summed E-state index contributed by atoms with van der Waals surface area (Å²) in [5.74, 6) is 1.03. The lowest BCUT2D eigenvalue weighted by Gasteiger charge is -2.27. The maximum Gasteiger partial charge on any atom is 0.308 e. The molecule has 0 unspecified atom stereocenters. The van der Waals surface area contributed by atoms with Gasteiger partial charge in [0.15, 0.2) is 0 Å². The highest BCUT2D eigenvalue weighted by atomic mass is 35.5. The fourth-order valence-corrected chi connectivity index (χ4v) is 2.95. The first kappa shape index (κ1) is 14.3. The Balaban J connectivity index is 1.98. The van der Waals surface area contributed by atoms with Crippen molar-refractivity contribution < 1.29 is 9.53 Å². The molecule has 0 aromatic carbocycles. The van der Waals surface area contributed by atoms with E-state index in [0.717, 1.165) is 31.2 Å². The smallest absolute Gasteiger partial charge is 0.308 e. The third-order valence-electron chi connectivity index (χ3n) is 3.68. The number of esters is 1. The second kappa shape index (κ2) is 6.33. The lowest BCUT2D eigenvalue weighted by molar-refractivity contribution is -0.149. The average molecular weight is 283 g/mol. The normalized spacial score (nSPS) is 23.1. The third-order valence-corrected chi connectivity index (χ3v) is 3.98. The van der Waals surface area contributed by atoms with Crippen LogP contribution in [0.2, 0.25) is 5.15 Å². The summed E-state index contributed by atoms with van der Waals surface area (Å²) in [6.07, 6.45) is 5.41. The van der Waals surface area contributed by atoms with Gasteiger partial charge >= 0.3 is 5.97 Å². The molecular formula is C14H19ClN2O2. The molecule has 0 bridgehead atoms. The Morgan fingerprint density at radius 1 is 1.42 bits per heavy atom. The predicted octanol–water partition coefficient (Wildman–Crippen LogP) is 3.28. The number of aromatic nitrogens is 2. The summed E-state index contributed by atoms with van der Waals surface area (Å²) in [7, 11) is 0. The van der Waals surface area contributed by atoms with E-state index in [-0.39, 0.29) is 11.9 Å². The standard InChI is InChI=1S/C14H19ClN2O2/c1-3-19-14(18)11-6-4-10(5-7-11)12-8-16-9(2)17-13(12)15/h8,10-11H,3-7H2,1-2H3. The number of carbonyl (C=O) groups is 1. The minimum Gasteiger partial charge on any atom is -0.466 e. The summed E-state index contributed by atoms with van der Waals surface area (Å²) in [6.45, 7) is 4.12. The van der Waals surface area contributed by atoms with Crippen LogP contribution >= 0.6 is 11.6 Å². The summed E-state index contributed by atoms with van der Waals surface area (Å²) in [4.78, 5) is 20.1. The molecule has 0 atom stereocenters. The van der Waals surface area contributed by atoms with Gasteiger partial charge in [-0.15, -0.1) is 0 Å². The number of aryl methyl sites for hydroxylation is 1. The molecule has 1 aliphatic carbocycles. The molecule has 0 amide bonds. The van der Waals surface area contributed by atoms with Crippen LogP contribution in [-0.4, -0.2) is 22.5 Å². The zero-order chi connectivity index (χ0) is 13.8. The first-order chi connectivity index (χ1) is 9.11. The number of carbonyl (C=O) groups excluding carboxylic acids is 1. The van der Waals surface area contributed by atoms with Crippen LogP contribution in [0, 0.1) is 12.8 Å². The number of hydrogen-bond acceptors (Lipinski definition) is 4. The first-order valence-electron chi connectivity index (χ1n) is 6.77. The molecule has 0 saturated heterocycles. The van der Waals surface area contributed by atoms with Gasteiger partial charge in [-0.3, -0.25) is 4.79 Å². The molecule has 1 heterocycles. The van der Waals surface area contributed by atoms with Crippen molar-refractivity contribution in [1.29, 1.82) is 0 Å². The van der Waals surface area contributed by atoms with Crippen molar-refractivity contribution in [3.05, 3.63) is 22.7 Å². The molecule has 4 nitrogen and oxygen atoms in total. The van der Waals surface area contributed by atoms with Crippen molar-refractivity contribution in [2.45, 2.75) is 45.4 Å². The van der Waals surface area contributed by atoms with Crippen molar-refractivity contribution in [2.75, 3.05) is 6.61 Å². The van der Waals surface area contributed by atoms with E-state index < -0.39 is 0 Å². The molecule has 1 aromatic heterocycles. The van der Waals surface area contributed by atoms with Gasteiger partial charge in [-0.2, -0.15) is 0 Å².